The Morgan fingerprint density at radius 3 is 2.49 bits per heavy atom. The maximum atomic E-state index is 13.9. The van der Waals surface area contributed by atoms with Gasteiger partial charge in [-0.05, 0) is 84.3 Å². The number of benzene rings is 4. The molecule has 14 nitrogen and oxygen atoms in total. The number of allylic oxidation sites excluding steroid dienone is 1. The van der Waals surface area contributed by atoms with Crippen molar-refractivity contribution < 1.29 is 32.4 Å². The molecule has 1 saturated heterocycles. The molecule has 0 spiro atoms. The minimum absolute atomic E-state index is 0.0752. The summed E-state index contributed by atoms with van der Waals surface area (Å²) in [5.41, 5.74) is 5.79. The first-order valence-corrected chi connectivity index (χ1v) is 21.3. The van der Waals surface area contributed by atoms with Gasteiger partial charge in [0.15, 0.2) is 0 Å². The van der Waals surface area contributed by atoms with Crippen molar-refractivity contribution in [2.75, 3.05) is 68.5 Å². The average molecular weight is 843 g/mol. The van der Waals surface area contributed by atoms with Crippen LogP contribution in [0.5, 0.6) is 11.5 Å². The smallest absolute Gasteiger partial charge is 0.293 e. The molecule has 59 heavy (non-hydrogen) atoms. The van der Waals surface area contributed by atoms with Gasteiger partial charge in [0.05, 0.1) is 28.4 Å². The van der Waals surface area contributed by atoms with Gasteiger partial charge < -0.3 is 25.0 Å². The van der Waals surface area contributed by atoms with E-state index < -0.39 is 31.4 Å². The molecule has 0 saturated carbocycles. The second-order valence-electron chi connectivity index (χ2n) is 15.8. The van der Waals surface area contributed by atoms with Crippen molar-refractivity contribution in [3.8, 4) is 11.5 Å². The lowest BCUT2D eigenvalue weighted by Crippen LogP contribution is -2.47. The maximum absolute atomic E-state index is 13.9. The van der Waals surface area contributed by atoms with Gasteiger partial charge in [-0.3, -0.25) is 24.6 Å². The molecule has 4 aromatic carbocycles. The average Bonchev–Trinajstić information content (AvgIpc) is 3.60. The van der Waals surface area contributed by atoms with Gasteiger partial charge in [0.2, 0.25) is 5.91 Å². The summed E-state index contributed by atoms with van der Waals surface area (Å²) in [6, 6.07) is 21.6. The number of methoxy groups -OCH3 is 1. The van der Waals surface area contributed by atoms with Gasteiger partial charge in [-0.15, -0.1) is 0 Å². The predicted octanol–water partition coefficient (Wildman–Crippen LogP) is 7.50. The number of hydrogen-bond donors (Lipinski definition) is 3. The monoisotopic (exact) mass is 842 g/mol. The highest BCUT2D eigenvalue weighted by molar-refractivity contribution is 7.90. The molecule has 0 unspecified atom stereocenters. The lowest BCUT2D eigenvalue weighted by atomic mass is 9.72. The summed E-state index contributed by atoms with van der Waals surface area (Å²) in [6.45, 7) is 9.03. The number of anilines is 3. The number of nitrogens with zero attached hydrogens (tertiary/aromatic N) is 3. The molecular weight excluding hydrogens is 796 g/mol. The third-order valence-electron chi connectivity index (χ3n) is 11.0. The summed E-state index contributed by atoms with van der Waals surface area (Å²) in [4.78, 5) is 41.5. The van der Waals surface area contributed by atoms with Crippen LogP contribution in [0.4, 0.5) is 22.7 Å². The van der Waals surface area contributed by atoms with Crippen molar-refractivity contribution in [2.45, 2.75) is 44.4 Å². The number of hydrogen-bond acceptors (Lipinski definition) is 11. The number of ether oxygens (including phenoxy) is 2. The topological polar surface area (TPSA) is 172 Å². The van der Waals surface area contributed by atoms with Crippen LogP contribution in [0.3, 0.4) is 0 Å². The molecule has 4 aromatic rings. The summed E-state index contributed by atoms with van der Waals surface area (Å²) >= 11 is 6.23. The van der Waals surface area contributed by atoms with Crippen molar-refractivity contribution in [1.82, 2.24) is 9.62 Å². The van der Waals surface area contributed by atoms with Crippen LogP contribution < -0.4 is 25.0 Å². The predicted molar refractivity (Wildman–Crippen MR) is 228 cm³/mol. The van der Waals surface area contributed by atoms with Crippen LogP contribution in [0.2, 0.25) is 5.02 Å². The van der Waals surface area contributed by atoms with E-state index in [1.807, 2.05) is 12.1 Å². The Hall–Kier alpha value is -5.48. The number of sulfonamides is 1. The minimum atomic E-state index is -4.58. The fourth-order valence-electron chi connectivity index (χ4n) is 7.81. The van der Waals surface area contributed by atoms with E-state index >= 15 is 0 Å². The van der Waals surface area contributed by atoms with Crippen LogP contribution in [-0.2, 0) is 26.0 Å². The summed E-state index contributed by atoms with van der Waals surface area (Å²) in [7, 11) is -3.10. The first kappa shape index (κ1) is 41.7. The number of carbonyl (C=O) groups is 2. The standard InChI is InChI=1S/C43H47ClN6O8S/c1-43(2)16-15-29(35(26-43)28-7-9-30(44)10-8-28)27-48-18-20-49(21-19-48)31-11-13-33(40(23-31)58-39-6-4-5-36-34(39)25-41(51)46-36)42(52)47-59(55,56)32-12-14-37(45-17-22-57-3)38(24-32)50(53)54/h4-14,23-24,45H,15-22,25-27H2,1-3H3,(H,46,51)(H,47,52). The number of carbonyl (C=O) groups excluding carboxylic acids is 2. The maximum Gasteiger partial charge on any atom is 0.293 e. The number of halogens is 1. The van der Waals surface area contributed by atoms with Crippen molar-refractivity contribution in [1.29, 1.82) is 0 Å². The fraction of sp³-hybridized carbons (Fsp3) is 0.349. The Balaban J connectivity index is 1.12. The van der Waals surface area contributed by atoms with Crippen LogP contribution >= 0.6 is 11.6 Å². The number of amides is 2. The lowest BCUT2D eigenvalue weighted by Gasteiger charge is -2.39. The van der Waals surface area contributed by atoms with Gasteiger partial charge in [-0.25, -0.2) is 13.1 Å². The molecule has 16 heteroatoms. The first-order valence-electron chi connectivity index (χ1n) is 19.5. The Morgan fingerprint density at radius 2 is 1.76 bits per heavy atom. The van der Waals surface area contributed by atoms with E-state index in [1.54, 1.807) is 30.3 Å². The Kier molecular flexibility index (Phi) is 12.3. The van der Waals surface area contributed by atoms with E-state index in [0.29, 0.717) is 30.1 Å². The van der Waals surface area contributed by atoms with E-state index in [0.717, 1.165) is 55.7 Å². The number of nitrogens with one attached hydrogen (secondary N) is 3. The molecule has 0 bridgehead atoms. The SMILES string of the molecule is COCCNc1ccc(S(=O)(=O)NC(=O)c2ccc(N3CCN(CC4=C(c5ccc(Cl)cc5)CC(C)(C)CC4)CC3)cc2Oc2cccc3c2CC(=O)N3)cc1[N+](=O)[O-]. The summed E-state index contributed by atoms with van der Waals surface area (Å²) in [5.74, 6) is -0.777. The first-order chi connectivity index (χ1) is 28.2. The molecule has 0 radical (unpaired) electrons. The quantitative estimate of drug-likeness (QED) is 0.0652. The van der Waals surface area contributed by atoms with Gasteiger partial charge >= 0.3 is 0 Å². The molecule has 0 aromatic heterocycles. The second-order valence-corrected chi connectivity index (χ2v) is 17.9. The molecule has 0 atom stereocenters. The van der Waals surface area contributed by atoms with Crippen LogP contribution in [0.25, 0.3) is 5.57 Å². The van der Waals surface area contributed by atoms with Gasteiger partial charge in [0.1, 0.15) is 17.2 Å². The van der Waals surface area contributed by atoms with Gasteiger partial charge in [-0.1, -0.05) is 49.2 Å². The number of fused-ring (bicyclic) bond motifs is 1. The highest BCUT2D eigenvalue weighted by atomic mass is 35.5. The van der Waals surface area contributed by atoms with Gasteiger partial charge in [0, 0.05) is 80.5 Å². The molecule has 3 N–H and O–H groups in total. The van der Waals surface area contributed by atoms with E-state index in [-0.39, 0.29) is 47.9 Å². The third kappa shape index (κ3) is 9.71. The number of nitro benzene ring substituents is 1. The number of piperazine rings is 1. The Morgan fingerprint density at radius 1 is 1.00 bits per heavy atom. The Labute approximate surface area is 348 Å². The van der Waals surface area contributed by atoms with E-state index in [1.165, 1.54) is 42.0 Å². The molecular formula is C43H47ClN6O8S. The zero-order valence-corrected chi connectivity index (χ0v) is 34.7. The van der Waals surface area contributed by atoms with E-state index in [4.69, 9.17) is 21.1 Å². The van der Waals surface area contributed by atoms with Crippen LogP contribution in [0.1, 0.15) is 54.6 Å². The molecule has 1 fully saturated rings. The zero-order valence-electron chi connectivity index (χ0n) is 33.2. The summed E-state index contributed by atoms with van der Waals surface area (Å²) < 4.78 is 40.5. The summed E-state index contributed by atoms with van der Waals surface area (Å²) in [6.07, 6.45) is 3.23. The third-order valence-corrected chi connectivity index (χ3v) is 12.6. The minimum Gasteiger partial charge on any atom is -0.456 e. The van der Waals surface area contributed by atoms with E-state index in [9.17, 15) is 28.1 Å². The van der Waals surface area contributed by atoms with Gasteiger partial charge in [-0.2, -0.15) is 0 Å². The largest absolute Gasteiger partial charge is 0.456 e. The van der Waals surface area contributed by atoms with Crippen LogP contribution in [-0.4, -0.2) is 83.0 Å². The number of rotatable bonds is 14. The molecule has 3 aliphatic rings. The molecule has 2 aliphatic heterocycles. The van der Waals surface area contributed by atoms with Crippen LogP contribution in [0, 0.1) is 15.5 Å². The molecule has 1 aliphatic carbocycles. The lowest BCUT2D eigenvalue weighted by molar-refractivity contribution is -0.384. The Bertz CT molecular complexity index is 2410. The second kappa shape index (κ2) is 17.4. The highest BCUT2D eigenvalue weighted by Crippen LogP contribution is 2.44. The van der Waals surface area contributed by atoms with Crippen molar-refractivity contribution >= 4 is 61.8 Å². The van der Waals surface area contributed by atoms with Gasteiger partial charge in [0.25, 0.3) is 21.6 Å². The molecule has 2 amide bonds. The van der Waals surface area contributed by atoms with Crippen LogP contribution in [0.15, 0.2) is 89.3 Å². The zero-order chi connectivity index (χ0) is 41.9. The van der Waals surface area contributed by atoms with Crippen molar-refractivity contribution in [3.05, 3.63) is 116 Å². The summed E-state index contributed by atoms with van der Waals surface area (Å²) in [5, 5.41) is 18.2. The molecule has 310 valence electrons. The highest BCUT2D eigenvalue weighted by Gasteiger charge is 2.31. The van der Waals surface area contributed by atoms with Crippen molar-refractivity contribution in [2.24, 2.45) is 5.41 Å². The van der Waals surface area contributed by atoms with Crippen molar-refractivity contribution in [3.63, 3.8) is 0 Å². The molecule has 7 rings (SSSR count). The normalized spacial score (nSPS) is 16.7. The van der Waals surface area contributed by atoms with E-state index in [2.05, 4.69) is 51.1 Å². The molecule has 2 heterocycles. The number of nitro groups is 1. The fourth-order valence-corrected chi connectivity index (χ4v) is 8.93.